The van der Waals surface area contributed by atoms with Crippen LogP contribution in [0.1, 0.15) is 6.42 Å². The van der Waals surface area contributed by atoms with Gasteiger partial charge in [0.1, 0.15) is 18.9 Å². The summed E-state index contributed by atoms with van der Waals surface area (Å²) < 4.78 is 0. The maximum atomic E-state index is 9.74. The molecule has 0 fully saturated rings. The Morgan fingerprint density at radius 2 is 1.62 bits per heavy atom. The molecular formula is C5H6O3. The molecule has 0 aromatic heterocycles. The van der Waals surface area contributed by atoms with E-state index in [4.69, 9.17) is 0 Å². The largest absolute Gasteiger partial charge is 0.303 e. The zero-order valence-corrected chi connectivity index (χ0v) is 4.24. The molecule has 3 heteroatoms. The summed E-state index contributed by atoms with van der Waals surface area (Å²) in [6, 6.07) is 0. The van der Waals surface area contributed by atoms with Gasteiger partial charge in [0, 0.05) is 6.42 Å². The third kappa shape index (κ3) is 2.23. The second kappa shape index (κ2) is 4.18. The van der Waals surface area contributed by atoms with Crippen molar-refractivity contribution in [2.24, 2.45) is 5.92 Å². The maximum absolute atomic E-state index is 9.74. The molecule has 0 aliphatic carbocycles. The van der Waals surface area contributed by atoms with Gasteiger partial charge < -0.3 is 14.4 Å². The normalized spacial score (nSPS) is 8.62. The summed E-state index contributed by atoms with van der Waals surface area (Å²) in [4.78, 5) is 29.1. The standard InChI is InChI=1S/C5H6O3/c6-2-1-5(3-7)4-8/h2-5H,1H2. The third-order valence-electron chi connectivity index (χ3n) is 0.718. The first-order chi connectivity index (χ1) is 3.85. The quantitative estimate of drug-likeness (QED) is 0.368. The van der Waals surface area contributed by atoms with Gasteiger partial charge in [-0.25, -0.2) is 0 Å². The van der Waals surface area contributed by atoms with E-state index < -0.39 is 5.92 Å². The number of aldehydes is 3. The Hall–Kier alpha value is -0.990. The van der Waals surface area contributed by atoms with Gasteiger partial charge in [-0.3, -0.25) is 0 Å². The minimum atomic E-state index is -0.729. The minimum Gasteiger partial charge on any atom is -0.303 e. The van der Waals surface area contributed by atoms with Crippen molar-refractivity contribution >= 4 is 18.9 Å². The molecular weight excluding hydrogens is 108 g/mol. The molecule has 44 valence electrons. The molecule has 0 atom stereocenters. The second-order valence-corrected chi connectivity index (χ2v) is 1.34. The van der Waals surface area contributed by atoms with Crippen molar-refractivity contribution in [3.63, 3.8) is 0 Å². The first-order valence-corrected chi connectivity index (χ1v) is 2.19. The highest BCUT2D eigenvalue weighted by atomic mass is 16.1. The van der Waals surface area contributed by atoms with Crippen LogP contribution in [0.5, 0.6) is 0 Å². The molecule has 8 heavy (non-hydrogen) atoms. The summed E-state index contributed by atoms with van der Waals surface area (Å²) in [7, 11) is 0. The number of carbonyl (C=O) groups excluding carboxylic acids is 3. The van der Waals surface area contributed by atoms with E-state index in [1.807, 2.05) is 0 Å². The van der Waals surface area contributed by atoms with Crippen LogP contribution in [0.2, 0.25) is 0 Å². The Morgan fingerprint density at radius 3 is 1.75 bits per heavy atom. The molecule has 0 saturated carbocycles. The third-order valence-corrected chi connectivity index (χ3v) is 0.718. The van der Waals surface area contributed by atoms with Crippen LogP contribution in [-0.2, 0) is 14.4 Å². The molecule has 0 aliphatic rings. The predicted molar refractivity (Wildman–Crippen MR) is 26.3 cm³/mol. The SMILES string of the molecule is O=CCC(C=O)C=O. The molecule has 3 nitrogen and oxygen atoms in total. The number of hydrogen-bond acceptors (Lipinski definition) is 3. The average molecular weight is 114 g/mol. The highest BCUT2D eigenvalue weighted by Crippen LogP contribution is 1.88. The highest BCUT2D eigenvalue weighted by molar-refractivity contribution is 5.80. The fraction of sp³-hybridized carbons (Fsp3) is 0.400. The molecule has 0 bridgehead atoms. The number of rotatable bonds is 4. The van der Waals surface area contributed by atoms with Gasteiger partial charge in [-0.2, -0.15) is 0 Å². The van der Waals surface area contributed by atoms with E-state index in [1.165, 1.54) is 0 Å². The van der Waals surface area contributed by atoms with E-state index in [0.717, 1.165) is 0 Å². The second-order valence-electron chi connectivity index (χ2n) is 1.34. The first kappa shape index (κ1) is 7.01. The average Bonchev–Trinajstić information content (AvgIpc) is 1.83. The van der Waals surface area contributed by atoms with Crippen molar-refractivity contribution in [3.05, 3.63) is 0 Å². The van der Waals surface area contributed by atoms with E-state index in [9.17, 15) is 14.4 Å². The molecule has 0 N–H and O–H groups in total. The van der Waals surface area contributed by atoms with Gasteiger partial charge in [-0.15, -0.1) is 0 Å². The summed E-state index contributed by atoms with van der Waals surface area (Å²) in [6.07, 6.45) is 1.48. The topological polar surface area (TPSA) is 51.2 Å². The Labute approximate surface area is 46.7 Å². The lowest BCUT2D eigenvalue weighted by molar-refractivity contribution is -0.122. The van der Waals surface area contributed by atoms with Crippen molar-refractivity contribution < 1.29 is 14.4 Å². The molecule has 0 saturated heterocycles. The van der Waals surface area contributed by atoms with Crippen LogP contribution in [-0.4, -0.2) is 18.9 Å². The van der Waals surface area contributed by atoms with Gasteiger partial charge in [0.2, 0.25) is 0 Å². The van der Waals surface area contributed by atoms with Crippen LogP contribution in [0.25, 0.3) is 0 Å². The summed E-state index contributed by atoms with van der Waals surface area (Å²) >= 11 is 0. The smallest absolute Gasteiger partial charge is 0.130 e. The monoisotopic (exact) mass is 114 g/mol. The summed E-state index contributed by atoms with van der Waals surface area (Å²) in [6.45, 7) is 0. The van der Waals surface area contributed by atoms with E-state index in [1.54, 1.807) is 0 Å². The van der Waals surface area contributed by atoms with Gasteiger partial charge in [-0.1, -0.05) is 0 Å². The highest BCUT2D eigenvalue weighted by Gasteiger charge is 2.01. The van der Waals surface area contributed by atoms with Crippen LogP contribution in [0.15, 0.2) is 0 Å². The van der Waals surface area contributed by atoms with Gasteiger partial charge >= 0.3 is 0 Å². The number of carbonyl (C=O) groups is 3. The van der Waals surface area contributed by atoms with Gasteiger partial charge in [-0.05, 0) is 0 Å². The Bertz CT molecular complexity index is 89.8. The summed E-state index contributed by atoms with van der Waals surface area (Å²) in [5.41, 5.74) is 0. The van der Waals surface area contributed by atoms with E-state index >= 15 is 0 Å². The van der Waals surface area contributed by atoms with Crippen molar-refractivity contribution in [1.29, 1.82) is 0 Å². The molecule has 0 radical (unpaired) electrons. The van der Waals surface area contributed by atoms with Gasteiger partial charge in [0.05, 0.1) is 5.92 Å². The number of hydrogen-bond donors (Lipinski definition) is 0. The van der Waals surface area contributed by atoms with Crippen LogP contribution < -0.4 is 0 Å². The maximum Gasteiger partial charge on any atom is 0.130 e. The molecule has 0 aliphatic heterocycles. The molecule has 0 amide bonds. The predicted octanol–water partition coefficient (Wildman–Crippen LogP) is -0.411. The zero-order valence-electron chi connectivity index (χ0n) is 4.24. The molecule has 0 aromatic carbocycles. The fourth-order valence-corrected chi connectivity index (χ4v) is 0.254. The van der Waals surface area contributed by atoms with Crippen LogP contribution >= 0.6 is 0 Å². The van der Waals surface area contributed by atoms with E-state index in [0.29, 0.717) is 18.9 Å². The first-order valence-electron chi connectivity index (χ1n) is 2.19. The zero-order chi connectivity index (χ0) is 6.41. The fourth-order valence-electron chi connectivity index (χ4n) is 0.254. The molecule has 0 spiro atoms. The van der Waals surface area contributed by atoms with Crippen molar-refractivity contribution in [1.82, 2.24) is 0 Å². The van der Waals surface area contributed by atoms with Gasteiger partial charge in [0.15, 0.2) is 0 Å². The molecule has 0 heterocycles. The van der Waals surface area contributed by atoms with E-state index in [-0.39, 0.29) is 6.42 Å². The van der Waals surface area contributed by atoms with Gasteiger partial charge in [0.25, 0.3) is 0 Å². The van der Waals surface area contributed by atoms with Crippen LogP contribution in [0.3, 0.4) is 0 Å². The molecule has 0 aromatic rings. The minimum absolute atomic E-state index is 0.00694. The van der Waals surface area contributed by atoms with Crippen molar-refractivity contribution in [3.8, 4) is 0 Å². The Balaban J connectivity index is 3.50. The Morgan fingerprint density at radius 1 is 1.12 bits per heavy atom. The van der Waals surface area contributed by atoms with Crippen LogP contribution in [0, 0.1) is 5.92 Å². The lowest BCUT2D eigenvalue weighted by Crippen LogP contribution is -2.02. The van der Waals surface area contributed by atoms with E-state index in [2.05, 4.69) is 0 Å². The Kier molecular flexibility index (Phi) is 3.66. The summed E-state index contributed by atoms with van der Waals surface area (Å²) in [5, 5.41) is 0. The van der Waals surface area contributed by atoms with Crippen molar-refractivity contribution in [2.75, 3.05) is 0 Å². The molecule has 0 rings (SSSR count). The summed E-state index contributed by atoms with van der Waals surface area (Å²) in [5.74, 6) is -0.729. The lowest BCUT2D eigenvalue weighted by Gasteiger charge is -1.88. The van der Waals surface area contributed by atoms with Crippen molar-refractivity contribution in [2.45, 2.75) is 6.42 Å². The van der Waals surface area contributed by atoms with Crippen LogP contribution in [0.4, 0.5) is 0 Å². The molecule has 0 unspecified atom stereocenters. The lowest BCUT2D eigenvalue weighted by atomic mass is 10.1.